The molecule has 1 aromatic carbocycles. The highest BCUT2D eigenvalue weighted by Gasteiger charge is 1.95. The van der Waals surface area contributed by atoms with E-state index in [1.807, 2.05) is 30.3 Å². The molecule has 3 heteroatoms. The molecular formula is C19H20ClNO. The van der Waals surface area contributed by atoms with Crippen LogP contribution in [-0.2, 0) is 0 Å². The molecule has 0 saturated heterocycles. The molecule has 0 atom stereocenters. The maximum absolute atomic E-state index is 5.79. The summed E-state index contributed by atoms with van der Waals surface area (Å²) < 4.78 is 5.71. The number of aromatic nitrogens is 1. The third kappa shape index (κ3) is 5.79. The van der Waals surface area contributed by atoms with Gasteiger partial charge in [0, 0.05) is 11.8 Å². The van der Waals surface area contributed by atoms with Gasteiger partial charge in [-0.2, -0.15) is 0 Å². The van der Waals surface area contributed by atoms with Crippen LogP contribution in [0.25, 0.3) is 0 Å². The van der Waals surface area contributed by atoms with E-state index in [0.717, 1.165) is 24.3 Å². The van der Waals surface area contributed by atoms with E-state index in [1.54, 1.807) is 12.3 Å². The maximum atomic E-state index is 5.79. The molecule has 1 heterocycles. The molecule has 0 amide bonds. The molecule has 2 nitrogen and oxygen atoms in total. The van der Waals surface area contributed by atoms with Gasteiger partial charge in [0.1, 0.15) is 11.4 Å². The summed E-state index contributed by atoms with van der Waals surface area (Å²) in [5.74, 6) is 6.99. The molecule has 0 bridgehead atoms. The van der Waals surface area contributed by atoms with Crippen molar-refractivity contribution < 1.29 is 4.74 Å². The summed E-state index contributed by atoms with van der Waals surface area (Å²) in [5.41, 5.74) is 1.65. The molecule has 0 aliphatic carbocycles. The molecule has 0 unspecified atom stereocenters. The van der Waals surface area contributed by atoms with Crippen LogP contribution in [0.3, 0.4) is 0 Å². The average molecular weight is 314 g/mol. The van der Waals surface area contributed by atoms with Crippen molar-refractivity contribution in [3.8, 4) is 17.6 Å². The van der Waals surface area contributed by atoms with Crippen molar-refractivity contribution in [1.29, 1.82) is 0 Å². The molecule has 0 spiro atoms. The van der Waals surface area contributed by atoms with Gasteiger partial charge in [0.25, 0.3) is 0 Å². The fourth-order valence-electron chi connectivity index (χ4n) is 1.94. The molecule has 0 saturated carbocycles. The standard InChI is InChI=1S/C19H20ClNO/c1-2-3-4-5-14-22-19-12-7-16(8-13-19)6-10-18-11-9-17(20)15-21-18/h7-9,11-13,15H,2-5,14H2,1H3. The summed E-state index contributed by atoms with van der Waals surface area (Å²) in [6, 6.07) is 11.4. The highest BCUT2D eigenvalue weighted by atomic mass is 35.5. The van der Waals surface area contributed by atoms with Gasteiger partial charge in [-0.3, -0.25) is 0 Å². The molecule has 0 aliphatic rings. The number of pyridine rings is 1. The Bertz CT molecular complexity index is 623. The van der Waals surface area contributed by atoms with Gasteiger partial charge in [-0.25, -0.2) is 4.98 Å². The van der Waals surface area contributed by atoms with E-state index in [1.165, 1.54) is 19.3 Å². The summed E-state index contributed by atoms with van der Waals surface area (Å²) in [6.07, 6.45) is 6.46. The Kier molecular flexibility index (Phi) is 6.80. The van der Waals surface area contributed by atoms with Crippen LogP contribution < -0.4 is 4.74 Å². The number of nitrogens with zero attached hydrogens (tertiary/aromatic N) is 1. The van der Waals surface area contributed by atoms with E-state index in [4.69, 9.17) is 16.3 Å². The zero-order valence-electron chi connectivity index (χ0n) is 12.8. The first-order valence-electron chi connectivity index (χ1n) is 7.64. The smallest absolute Gasteiger partial charge is 0.119 e. The summed E-state index contributed by atoms with van der Waals surface area (Å²) >= 11 is 5.79. The van der Waals surface area contributed by atoms with E-state index in [9.17, 15) is 0 Å². The van der Waals surface area contributed by atoms with E-state index >= 15 is 0 Å². The molecule has 1 aromatic heterocycles. The fraction of sp³-hybridized carbons (Fsp3) is 0.316. The van der Waals surface area contributed by atoms with Crippen molar-refractivity contribution in [2.75, 3.05) is 6.61 Å². The normalized spacial score (nSPS) is 9.91. The number of hydrogen-bond acceptors (Lipinski definition) is 2. The topological polar surface area (TPSA) is 22.1 Å². The molecule has 0 aliphatic heterocycles. The SMILES string of the molecule is CCCCCCOc1ccc(C#Cc2ccc(Cl)cn2)cc1. The Hall–Kier alpha value is -1.98. The van der Waals surface area contributed by atoms with Crippen molar-refractivity contribution in [1.82, 2.24) is 4.98 Å². The lowest BCUT2D eigenvalue weighted by molar-refractivity contribution is 0.305. The van der Waals surface area contributed by atoms with Crippen LogP contribution in [0.2, 0.25) is 5.02 Å². The van der Waals surface area contributed by atoms with E-state index < -0.39 is 0 Å². The first-order chi connectivity index (χ1) is 10.8. The van der Waals surface area contributed by atoms with Crippen LogP contribution in [0.5, 0.6) is 5.75 Å². The van der Waals surface area contributed by atoms with Crippen molar-refractivity contribution in [2.45, 2.75) is 32.6 Å². The first-order valence-corrected chi connectivity index (χ1v) is 8.02. The molecular weight excluding hydrogens is 294 g/mol. The molecule has 2 rings (SSSR count). The van der Waals surface area contributed by atoms with Gasteiger partial charge in [0.15, 0.2) is 0 Å². The van der Waals surface area contributed by atoms with Gasteiger partial charge < -0.3 is 4.74 Å². The van der Waals surface area contributed by atoms with Gasteiger partial charge in [0.05, 0.1) is 11.6 Å². The Morgan fingerprint density at radius 2 is 1.82 bits per heavy atom. The quantitative estimate of drug-likeness (QED) is 0.547. The Morgan fingerprint density at radius 1 is 1.00 bits per heavy atom. The largest absolute Gasteiger partial charge is 0.494 e. The van der Waals surface area contributed by atoms with Crippen LogP contribution in [0.1, 0.15) is 43.9 Å². The van der Waals surface area contributed by atoms with E-state index in [0.29, 0.717) is 10.7 Å². The Labute approximate surface area is 137 Å². The van der Waals surface area contributed by atoms with Gasteiger partial charge in [0.2, 0.25) is 0 Å². The number of hydrogen-bond donors (Lipinski definition) is 0. The number of halogens is 1. The minimum absolute atomic E-state index is 0.617. The van der Waals surface area contributed by atoms with Crippen molar-refractivity contribution >= 4 is 11.6 Å². The first kappa shape index (κ1) is 16.4. The van der Waals surface area contributed by atoms with Crippen molar-refractivity contribution in [2.24, 2.45) is 0 Å². The second-order valence-electron chi connectivity index (χ2n) is 5.05. The lowest BCUT2D eigenvalue weighted by atomic mass is 10.2. The summed E-state index contributed by atoms with van der Waals surface area (Å²) in [6.45, 7) is 2.99. The van der Waals surface area contributed by atoms with E-state index in [2.05, 4.69) is 23.7 Å². The molecule has 114 valence electrons. The van der Waals surface area contributed by atoms with Gasteiger partial charge >= 0.3 is 0 Å². The number of benzene rings is 1. The minimum atomic E-state index is 0.617. The second-order valence-corrected chi connectivity index (χ2v) is 5.48. The Morgan fingerprint density at radius 3 is 2.50 bits per heavy atom. The zero-order chi connectivity index (χ0) is 15.6. The van der Waals surface area contributed by atoms with Crippen LogP contribution in [0.4, 0.5) is 0 Å². The summed E-state index contributed by atoms with van der Waals surface area (Å²) in [4.78, 5) is 4.15. The molecule has 22 heavy (non-hydrogen) atoms. The van der Waals surface area contributed by atoms with Crippen molar-refractivity contribution in [3.05, 3.63) is 58.9 Å². The van der Waals surface area contributed by atoms with Crippen LogP contribution in [0.15, 0.2) is 42.6 Å². The number of rotatable bonds is 6. The molecule has 2 aromatic rings. The minimum Gasteiger partial charge on any atom is -0.494 e. The van der Waals surface area contributed by atoms with Gasteiger partial charge in [-0.05, 0) is 48.7 Å². The Balaban J connectivity index is 1.85. The monoisotopic (exact) mass is 313 g/mol. The lowest BCUT2D eigenvalue weighted by Crippen LogP contribution is -1.96. The molecule has 0 fully saturated rings. The zero-order valence-corrected chi connectivity index (χ0v) is 13.6. The predicted octanol–water partition coefficient (Wildman–Crippen LogP) is 5.09. The second kappa shape index (κ2) is 9.12. The number of unbranched alkanes of at least 4 members (excludes halogenated alkanes) is 3. The third-order valence-corrected chi connectivity index (χ3v) is 3.41. The fourth-order valence-corrected chi connectivity index (χ4v) is 2.05. The van der Waals surface area contributed by atoms with E-state index in [-0.39, 0.29) is 0 Å². The maximum Gasteiger partial charge on any atom is 0.119 e. The molecule has 0 N–H and O–H groups in total. The van der Waals surface area contributed by atoms with Gasteiger partial charge in [-0.1, -0.05) is 43.7 Å². The highest BCUT2D eigenvalue weighted by Crippen LogP contribution is 2.13. The summed E-state index contributed by atoms with van der Waals surface area (Å²) in [5, 5.41) is 0.617. The highest BCUT2D eigenvalue weighted by molar-refractivity contribution is 6.30. The van der Waals surface area contributed by atoms with Gasteiger partial charge in [-0.15, -0.1) is 0 Å². The summed E-state index contributed by atoms with van der Waals surface area (Å²) in [7, 11) is 0. The third-order valence-electron chi connectivity index (χ3n) is 3.18. The predicted molar refractivity (Wildman–Crippen MR) is 91.3 cm³/mol. The van der Waals surface area contributed by atoms with Crippen LogP contribution in [0, 0.1) is 11.8 Å². The lowest BCUT2D eigenvalue weighted by Gasteiger charge is -2.05. The van der Waals surface area contributed by atoms with Crippen LogP contribution in [-0.4, -0.2) is 11.6 Å². The number of ether oxygens (including phenoxy) is 1. The van der Waals surface area contributed by atoms with Crippen molar-refractivity contribution in [3.63, 3.8) is 0 Å². The average Bonchev–Trinajstić information content (AvgIpc) is 2.55. The van der Waals surface area contributed by atoms with Crippen LogP contribution >= 0.6 is 11.6 Å². The molecule has 0 radical (unpaired) electrons.